The minimum Gasteiger partial charge on any atom is -0.457 e. The van der Waals surface area contributed by atoms with E-state index in [9.17, 15) is 10.1 Å². The molecule has 2 aromatic carbocycles. The van der Waals surface area contributed by atoms with E-state index in [-0.39, 0.29) is 23.2 Å². The standard InChI is InChI=1S/C24H25NO3/c1-16(2)13-20-22(24(20,3)4)23(26)28-21(15-25)17-9-8-12-19(14-17)27-18-10-6-5-7-11-18/h5-14,20-22H,1-4H3/t20-,21?,22-/m0/s1. The number of para-hydroxylation sites is 1. The quantitative estimate of drug-likeness (QED) is 0.471. The molecule has 3 rings (SSSR count). The zero-order valence-corrected chi connectivity index (χ0v) is 16.7. The van der Waals surface area contributed by atoms with Gasteiger partial charge in [0, 0.05) is 5.56 Å². The van der Waals surface area contributed by atoms with Crippen LogP contribution < -0.4 is 4.74 Å². The SMILES string of the molecule is CC(C)=C[C@H]1[C@@H](C(=O)OC(C#N)c2cccc(Oc3ccccc3)c2)C1(C)C. The van der Waals surface area contributed by atoms with Crippen LogP contribution in [0.5, 0.6) is 11.5 Å². The molecule has 0 N–H and O–H groups in total. The Balaban J connectivity index is 1.72. The summed E-state index contributed by atoms with van der Waals surface area (Å²) in [6.07, 6.45) is 1.15. The van der Waals surface area contributed by atoms with Crippen LogP contribution >= 0.6 is 0 Å². The van der Waals surface area contributed by atoms with E-state index in [1.54, 1.807) is 18.2 Å². The Bertz CT molecular complexity index is 920. The molecule has 0 aliphatic heterocycles. The summed E-state index contributed by atoms with van der Waals surface area (Å²) in [5.41, 5.74) is 1.63. The number of carbonyl (C=O) groups is 1. The number of hydrogen-bond donors (Lipinski definition) is 0. The smallest absolute Gasteiger partial charge is 0.311 e. The Labute approximate surface area is 166 Å². The fraction of sp³-hybridized carbons (Fsp3) is 0.333. The normalized spacial score (nSPS) is 20.4. The van der Waals surface area contributed by atoms with Gasteiger partial charge in [-0.25, -0.2) is 0 Å². The van der Waals surface area contributed by atoms with E-state index in [4.69, 9.17) is 9.47 Å². The Morgan fingerprint density at radius 2 is 1.79 bits per heavy atom. The predicted octanol–water partition coefficient (Wildman–Crippen LogP) is 5.83. The van der Waals surface area contributed by atoms with Crippen molar-refractivity contribution >= 4 is 5.97 Å². The molecule has 1 aliphatic carbocycles. The van der Waals surface area contributed by atoms with Crippen LogP contribution in [0.2, 0.25) is 0 Å². The summed E-state index contributed by atoms with van der Waals surface area (Å²) in [5.74, 6) is 0.899. The van der Waals surface area contributed by atoms with Crippen molar-refractivity contribution in [2.45, 2.75) is 33.8 Å². The van der Waals surface area contributed by atoms with Gasteiger partial charge in [0.15, 0.2) is 0 Å². The summed E-state index contributed by atoms with van der Waals surface area (Å²) < 4.78 is 11.4. The third-order valence-corrected chi connectivity index (χ3v) is 5.17. The number of esters is 1. The Morgan fingerprint density at radius 1 is 1.11 bits per heavy atom. The average molecular weight is 375 g/mol. The van der Waals surface area contributed by atoms with E-state index in [0.717, 1.165) is 0 Å². The second-order valence-corrected chi connectivity index (χ2v) is 8.00. The lowest BCUT2D eigenvalue weighted by molar-refractivity contribution is -0.149. The summed E-state index contributed by atoms with van der Waals surface area (Å²) in [7, 11) is 0. The second kappa shape index (κ2) is 7.90. The highest BCUT2D eigenvalue weighted by Crippen LogP contribution is 2.60. The van der Waals surface area contributed by atoms with Crippen molar-refractivity contribution < 1.29 is 14.3 Å². The third-order valence-electron chi connectivity index (χ3n) is 5.17. The van der Waals surface area contributed by atoms with Crippen molar-refractivity contribution in [1.82, 2.24) is 0 Å². The van der Waals surface area contributed by atoms with Gasteiger partial charge in [-0.15, -0.1) is 0 Å². The van der Waals surface area contributed by atoms with Crippen molar-refractivity contribution in [3.63, 3.8) is 0 Å². The molecule has 1 aliphatic rings. The Hall–Kier alpha value is -3.06. The topological polar surface area (TPSA) is 59.3 Å². The lowest BCUT2D eigenvalue weighted by Gasteiger charge is -2.13. The molecule has 0 heterocycles. The van der Waals surface area contributed by atoms with Crippen LogP contribution in [0.15, 0.2) is 66.2 Å². The number of rotatable bonds is 6. The minimum atomic E-state index is -0.962. The van der Waals surface area contributed by atoms with E-state index in [1.807, 2.05) is 50.2 Å². The van der Waals surface area contributed by atoms with Gasteiger partial charge in [0.25, 0.3) is 0 Å². The molecule has 1 fully saturated rings. The molecule has 3 atom stereocenters. The van der Waals surface area contributed by atoms with Crippen molar-refractivity contribution in [2.75, 3.05) is 0 Å². The number of benzene rings is 2. The maximum atomic E-state index is 12.7. The Kier molecular flexibility index (Phi) is 5.56. The fourth-order valence-corrected chi connectivity index (χ4v) is 3.52. The molecule has 0 aromatic heterocycles. The lowest BCUT2D eigenvalue weighted by atomic mass is 10.1. The molecule has 0 radical (unpaired) electrons. The summed E-state index contributed by atoms with van der Waals surface area (Å²) in [4.78, 5) is 12.7. The third kappa shape index (κ3) is 4.26. The van der Waals surface area contributed by atoms with Crippen molar-refractivity contribution in [2.24, 2.45) is 17.3 Å². The van der Waals surface area contributed by atoms with Crippen molar-refractivity contribution in [3.05, 3.63) is 71.8 Å². The first-order chi connectivity index (χ1) is 13.3. The number of allylic oxidation sites excluding steroid dienone is 2. The van der Waals surface area contributed by atoms with E-state index in [0.29, 0.717) is 17.1 Å². The molecule has 4 nitrogen and oxygen atoms in total. The van der Waals surface area contributed by atoms with Gasteiger partial charge in [-0.1, -0.05) is 55.8 Å². The maximum absolute atomic E-state index is 12.7. The van der Waals surface area contributed by atoms with E-state index in [1.165, 1.54) is 5.57 Å². The van der Waals surface area contributed by atoms with Crippen LogP contribution in [0.3, 0.4) is 0 Å². The maximum Gasteiger partial charge on any atom is 0.311 e. The number of nitriles is 1. The molecule has 0 saturated heterocycles. The van der Waals surface area contributed by atoms with Crippen molar-refractivity contribution in [3.8, 4) is 17.6 Å². The first-order valence-corrected chi connectivity index (χ1v) is 9.41. The summed E-state index contributed by atoms with van der Waals surface area (Å²) in [5, 5.41) is 9.57. The number of ether oxygens (including phenoxy) is 2. The molecule has 2 aromatic rings. The van der Waals surface area contributed by atoms with Gasteiger partial charge in [0.2, 0.25) is 6.10 Å². The van der Waals surface area contributed by atoms with Gasteiger partial charge >= 0.3 is 5.97 Å². The molecule has 28 heavy (non-hydrogen) atoms. The highest BCUT2D eigenvalue weighted by Gasteiger charge is 2.61. The van der Waals surface area contributed by atoms with Gasteiger partial charge in [0.05, 0.1) is 5.92 Å². The molecule has 0 spiro atoms. The van der Waals surface area contributed by atoms with Gasteiger partial charge in [-0.2, -0.15) is 5.26 Å². The Morgan fingerprint density at radius 3 is 2.43 bits per heavy atom. The van der Waals surface area contributed by atoms with Crippen LogP contribution in [0.25, 0.3) is 0 Å². The second-order valence-electron chi connectivity index (χ2n) is 8.00. The first-order valence-electron chi connectivity index (χ1n) is 9.41. The van der Waals surface area contributed by atoms with Crippen LogP contribution in [0.1, 0.15) is 39.4 Å². The number of nitrogens with zero attached hydrogens (tertiary/aromatic N) is 1. The molecule has 144 valence electrons. The molecule has 1 saturated carbocycles. The zero-order valence-electron chi connectivity index (χ0n) is 16.7. The van der Waals surface area contributed by atoms with Crippen LogP contribution in [0, 0.1) is 28.6 Å². The summed E-state index contributed by atoms with van der Waals surface area (Å²) in [6, 6.07) is 18.6. The van der Waals surface area contributed by atoms with E-state index < -0.39 is 6.10 Å². The molecule has 0 amide bonds. The highest BCUT2D eigenvalue weighted by atomic mass is 16.5. The molecule has 1 unspecified atom stereocenters. The minimum absolute atomic E-state index is 0.146. The lowest BCUT2D eigenvalue weighted by Crippen LogP contribution is -2.14. The van der Waals surface area contributed by atoms with Gasteiger partial charge in [0.1, 0.15) is 17.6 Å². The van der Waals surface area contributed by atoms with Gasteiger partial charge < -0.3 is 9.47 Å². The number of hydrogen-bond acceptors (Lipinski definition) is 4. The number of carbonyl (C=O) groups excluding carboxylic acids is 1. The average Bonchev–Trinajstić information content (AvgIpc) is 3.20. The predicted molar refractivity (Wildman–Crippen MR) is 108 cm³/mol. The van der Waals surface area contributed by atoms with Gasteiger partial charge in [-0.05, 0) is 49.4 Å². The fourth-order valence-electron chi connectivity index (χ4n) is 3.52. The molecular weight excluding hydrogens is 350 g/mol. The first kappa shape index (κ1) is 19.7. The van der Waals surface area contributed by atoms with E-state index >= 15 is 0 Å². The van der Waals surface area contributed by atoms with Gasteiger partial charge in [-0.3, -0.25) is 4.79 Å². The molecular formula is C24H25NO3. The summed E-state index contributed by atoms with van der Waals surface area (Å²) >= 11 is 0. The molecule has 4 heteroatoms. The monoisotopic (exact) mass is 375 g/mol. The van der Waals surface area contributed by atoms with Crippen molar-refractivity contribution in [1.29, 1.82) is 5.26 Å². The highest BCUT2D eigenvalue weighted by molar-refractivity contribution is 5.78. The van der Waals surface area contributed by atoms with Crippen LogP contribution in [-0.4, -0.2) is 5.97 Å². The van der Waals surface area contributed by atoms with E-state index in [2.05, 4.69) is 26.0 Å². The largest absolute Gasteiger partial charge is 0.457 e. The summed E-state index contributed by atoms with van der Waals surface area (Å²) in [6.45, 7) is 8.15. The van der Waals surface area contributed by atoms with Crippen LogP contribution in [0.4, 0.5) is 0 Å². The zero-order chi connectivity index (χ0) is 20.3. The van der Waals surface area contributed by atoms with Crippen LogP contribution in [-0.2, 0) is 9.53 Å². The molecule has 0 bridgehead atoms.